The van der Waals surface area contributed by atoms with Gasteiger partial charge < -0.3 is 0 Å². The van der Waals surface area contributed by atoms with Crippen molar-refractivity contribution in [2.24, 2.45) is 55.2 Å². The SMILES string of the molecule is CC(C)(C)CCC(C)(C)C.CC(C)(C)CCCC(C)(C)C.C[C@@H](CC(C)(C)C)C(C)(C)C.C[C@H](CC(C)(C)C)C(C)(C)C. The average Bonchev–Trinajstić information content (AvgIpc) is 2.60. The first kappa shape index (κ1) is 49.9. The van der Waals surface area contributed by atoms with Crippen LogP contribution in [0.2, 0.25) is 0 Å². The molecule has 0 saturated heterocycles. The van der Waals surface area contributed by atoms with Gasteiger partial charge in [0.1, 0.15) is 0 Å². The molecule has 0 saturated carbocycles. The molecule has 0 fully saturated rings. The van der Waals surface area contributed by atoms with Gasteiger partial charge in [0.15, 0.2) is 0 Å². The van der Waals surface area contributed by atoms with Gasteiger partial charge >= 0.3 is 0 Å². The lowest BCUT2D eigenvalue weighted by Gasteiger charge is -2.32. The molecule has 43 heavy (non-hydrogen) atoms. The van der Waals surface area contributed by atoms with Gasteiger partial charge in [-0.05, 0) is 93.7 Å². The highest BCUT2D eigenvalue weighted by atomic mass is 14.3. The molecule has 0 amide bonds. The molecule has 0 heterocycles. The van der Waals surface area contributed by atoms with Gasteiger partial charge in [-0.1, -0.05) is 186 Å². The van der Waals surface area contributed by atoms with Crippen LogP contribution in [0.4, 0.5) is 0 Å². The third-order valence-corrected chi connectivity index (χ3v) is 8.27. The fourth-order valence-corrected chi connectivity index (χ4v) is 4.35. The molecule has 0 nitrogen and oxygen atoms in total. The Labute approximate surface area is 279 Å². The van der Waals surface area contributed by atoms with Crippen LogP contribution in [0.25, 0.3) is 0 Å². The van der Waals surface area contributed by atoms with Gasteiger partial charge in [-0.3, -0.25) is 0 Å². The van der Waals surface area contributed by atoms with Crippen molar-refractivity contribution >= 4 is 0 Å². The van der Waals surface area contributed by atoms with Crippen molar-refractivity contribution in [1.82, 2.24) is 0 Å². The van der Waals surface area contributed by atoms with E-state index in [-0.39, 0.29) is 0 Å². The second-order valence-electron chi connectivity index (χ2n) is 23.7. The fourth-order valence-electron chi connectivity index (χ4n) is 4.35. The molecule has 0 aromatic carbocycles. The van der Waals surface area contributed by atoms with E-state index in [0.29, 0.717) is 43.3 Å². The summed E-state index contributed by atoms with van der Waals surface area (Å²) in [6.45, 7) is 60.2. The van der Waals surface area contributed by atoms with Gasteiger partial charge in [0.25, 0.3) is 0 Å². The summed E-state index contributed by atoms with van der Waals surface area (Å²) in [6, 6.07) is 0. The Bertz CT molecular complexity index is 587. The standard InChI is InChI=1S/3C11H24.C10H22/c2*1-9(11(5,6)7)8-10(2,3)4;1-10(2,3)8-7-9-11(4,5)6;1-9(2,3)7-8-10(4,5)6/h2*9H,8H2,1-7H3;7-9H2,1-6H3;7-8H2,1-6H3/t2*9-;;/m10../s1. The van der Waals surface area contributed by atoms with E-state index < -0.39 is 0 Å². The van der Waals surface area contributed by atoms with E-state index >= 15 is 0 Å². The zero-order chi connectivity index (χ0) is 36.1. The predicted octanol–water partition coefficient (Wildman–Crippen LogP) is 16.3. The molecule has 0 bridgehead atoms. The summed E-state index contributed by atoms with van der Waals surface area (Å²) in [7, 11) is 0. The van der Waals surface area contributed by atoms with Crippen LogP contribution < -0.4 is 0 Å². The maximum Gasteiger partial charge on any atom is -0.0357 e. The largest absolute Gasteiger partial charge is 0.0620 e. The molecule has 0 heteroatoms. The van der Waals surface area contributed by atoms with E-state index in [0.717, 1.165) is 11.8 Å². The molecule has 0 aromatic heterocycles. The lowest BCUT2D eigenvalue weighted by Crippen LogP contribution is -2.22. The smallest absolute Gasteiger partial charge is 0.0357 e. The maximum atomic E-state index is 2.35. The van der Waals surface area contributed by atoms with E-state index in [1.165, 1.54) is 44.9 Å². The highest BCUT2D eigenvalue weighted by molar-refractivity contribution is 4.76. The molecular weight excluding hydrogens is 516 g/mol. The summed E-state index contributed by atoms with van der Waals surface area (Å²) in [5, 5.41) is 0. The molecule has 0 unspecified atom stereocenters. The first-order valence-electron chi connectivity index (χ1n) is 18.2. The minimum Gasteiger partial charge on any atom is -0.0620 e. The first-order valence-corrected chi connectivity index (χ1v) is 18.2. The Balaban J connectivity index is -0.000000236. The highest BCUT2D eigenvalue weighted by Gasteiger charge is 2.25. The van der Waals surface area contributed by atoms with Crippen molar-refractivity contribution in [3.63, 3.8) is 0 Å². The van der Waals surface area contributed by atoms with Crippen molar-refractivity contribution in [2.45, 2.75) is 225 Å². The zero-order valence-corrected chi connectivity index (χ0v) is 36.1. The average molecular weight is 611 g/mol. The van der Waals surface area contributed by atoms with Crippen molar-refractivity contribution < 1.29 is 0 Å². The molecule has 0 aliphatic rings. The number of hydrogen-bond donors (Lipinski definition) is 0. The molecular formula is C43H94. The number of hydrogen-bond acceptors (Lipinski definition) is 0. The lowest BCUT2D eigenvalue weighted by atomic mass is 9.73. The monoisotopic (exact) mass is 611 g/mol. The second-order valence-corrected chi connectivity index (χ2v) is 23.7. The topological polar surface area (TPSA) is 0 Å². The molecule has 2 atom stereocenters. The normalized spacial score (nSPS) is 15.2. The minimum atomic E-state index is 0.466. The van der Waals surface area contributed by atoms with Crippen LogP contribution in [-0.2, 0) is 0 Å². The van der Waals surface area contributed by atoms with Gasteiger partial charge in [0.2, 0.25) is 0 Å². The maximum absolute atomic E-state index is 2.35. The number of rotatable bonds is 5. The first-order chi connectivity index (χ1) is 18.2. The molecule has 0 spiro atoms. The third kappa shape index (κ3) is 49.1. The molecule has 0 rings (SSSR count). The lowest BCUT2D eigenvalue weighted by molar-refractivity contribution is 0.182. The Morgan fingerprint density at radius 2 is 0.465 bits per heavy atom. The van der Waals surface area contributed by atoms with Gasteiger partial charge in [-0.15, -0.1) is 0 Å². The summed E-state index contributed by atoms with van der Waals surface area (Å²) in [5.41, 5.74) is 3.94. The van der Waals surface area contributed by atoms with E-state index in [4.69, 9.17) is 0 Å². The summed E-state index contributed by atoms with van der Waals surface area (Å²) in [6.07, 6.45) is 9.36. The van der Waals surface area contributed by atoms with Gasteiger partial charge in [-0.2, -0.15) is 0 Å². The van der Waals surface area contributed by atoms with Crippen LogP contribution in [0.3, 0.4) is 0 Å². The van der Waals surface area contributed by atoms with E-state index in [2.05, 4.69) is 180 Å². The summed E-state index contributed by atoms with van der Waals surface area (Å²) >= 11 is 0. The van der Waals surface area contributed by atoms with Gasteiger partial charge in [0, 0.05) is 0 Å². The summed E-state index contributed by atoms with van der Waals surface area (Å²) < 4.78 is 0. The fraction of sp³-hybridized carbons (Fsp3) is 1.00. The molecule has 0 aromatic rings. The Hall–Kier alpha value is 0. The van der Waals surface area contributed by atoms with E-state index in [1.807, 2.05) is 0 Å². The summed E-state index contributed by atoms with van der Waals surface area (Å²) in [4.78, 5) is 0. The van der Waals surface area contributed by atoms with Crippen molar-refractivity contribution in [2.75, 3.05) is 0 Å². The minimum absolute atomic E-state index is 0.466. The molecule has 0 aliphatic carbocycles. The summed E-state index contributed by atoms with van der Waals surface area (Å²) in [5.74, 6) is 1.62. The van der Waals surface area contributed by atoms with Crippen molar-refractivity contribution in [3.05, 3.63) is 0 Å². The second kappa shape index (κ2) is 19.0. The zero-order valence-electron chi connectivity index (χ0n) is 36.1. The van der Waals surface area contributed by atoms with Crippen LogP contribution >= 0.6 is 0 Å². The Kier molecular flexibility index (Phi) is 22.0. The van der Waals surface area contributed by atoms with Crippen LogP contribution in [0.15, 0.2) is 0 Å². The van der Waals surface area contributed by atoms with Crippen LogP contribution in [0, 0.1) is 55.2 Å². The predicted molar refractivity (Wildman–Crippen MR) is 206 cm³/mol. The van der Waals surface area contributed by atoms with Crippen LogP contribution in [0.1, 0.15) is 225 Å². The molecule has 0 aliphatic heterocycles. The Morgan fingerprint density at radius 3 is 0.558 bits per heavy atom. The third-order valence-electron chi connectivity index (χ3n) is 8.27. The van der Waals surface area contributed by atoms with E-state index in [1.54, 1.807) is 0 Å². The quantitative estimate of drug-likeness (QED) is 0.290. The van der Waals surface area contributed by atoms with Crippen molar-refractivity contribution in [1.29, 1.82) is 0 Å². The van der Waals surface area contributed by atoms with Gasteiger partial charge in [-0.25, -0.2) is 0 Å². The molecule has 0 radical (unpaired) electrons. The Morgan fingerprint density at radius 1 is 0.279 bits per heavy atom. The van der Waals surface area contributed by atoms with Crippen LogP contribution in [-0.4, -0.2) is 0 Å². The molecule has 266 valence electrons. The van der Waals surface area contributed by atoms with E-state index in [9.17, 15) is 0 Å². The highest BCUT2D eigenvalue weighted by Crippen LogP contribution is 2.36. The van der Waals surface area contributed by atoms with Crippen molar-refractivity contribution in [3.8, 4) is 0 Å². The van der Waals surface area contributed by atoms with Gasteiger partial charge in [0.05, 0.1) is 0 Å². The molecule has 0 N–H and O–H groups in total. The van der Waals surface area contributed by atoms with Crippen LogP contribution in [0.5, 0.6) is 0 Å².